The third-order valence-electron chi connectivity index (χ3n) is 3.10. The second-order valence-corrected chi connectivity index (χ2v) is 4.35. The monoisotopic (exact) mass is 245 g/mol. The maximum Gasteiger partial charge on any atom is 0.356 e. The van der Waals surface area contributed by atoms with E-state index >= 15 is 0 Å². The minimum atomic E-state index is -1.03. The van der Waals surface area contributed by atoms with Gasteiger partial charge >= 0.3 is 5.97 Å². The molecule has 1 aromatic carbocycles. The average molecular weight is 245 g/mol. The number of anilines is 1. The lowest BCUT2D eigenvalue weighted by Gasteiger charge is -2.08. The molecule has 0 amide bonds. The SMILES string of the molecule is Cc1cc(-c2cc(C(=O)O)nn2C)cc(N)c1C. The van der Waals surface area contributed by atoms with Gasteiger partial charge in [0.25, 0.3) is 0 Å². The van der Waals surface area contributed by atoms with E-state index in [1.54, 1.807) is 17.8 Å². The molecule has 3 N–H and O–H groups in total. The number of aromatic carboxylic acids is 1. The fraction of sp³-hybridized carbons (Fsp3) is 0.231. The second-order valence-electron chi connectivity index (χ2n) is 4.35. The highest BCUT2D eigenvalue weighted by Crippen LogP contribution is 2.26. The Hall–Kier alpha value is -2.30. The van der Waals surface area contributed by atoms with Crippen molar-refractivity contribution in [2.75, 3.05) is 5.73 Å². The van der Waals surface area contributed by atoms with Crippen LogP contribution in [0, 0.1) is 13.8 Å². The van der Waals surface area contributed by atoms with E-state index in [1.165, 1.54) is 0 Å². The van der Waals surface area contributed by atoms with Crippen LogP contribution in [0.1, 0.15) is 21.6 Å². The molecular weight excluding hydrogens is 230 g/mol. The molecule has 0 fully saturated rings. The van der Waals surface area contributed by atoms with Gasteiger partial charge in [0.05, 0.1) is 5.69 Å². The average Bonchev–Trinajstić information content (AvgIpc) is 2.68. The van der Waals surface area contributed by atoms with E-state index < -0.39 is 5.97 Å². The summed E-state index contributed by atoms with van der Waals surface area (Å²) in [6.45, 7) is 3.93. The molecule has 0 atom stereocenters. The second kappa shape index (κ2) is 4.18. The van der Waals surface area contributed by atoms with E-state index in [-0.39, 0.29) is 5.69 Å². The highest BCUT2D eigenvalue weighted by atomic mass is 16.4. The molecule has 0 bridgehead atoms. The van der Waals surface area contributed by atoms with Crippen LogP contribution in [-0.4, -0.2) is 20.9 Å². The molecule has 0 aliphatic heterocycles. The summed E-state index contributed by atoms with van der Waals surface area (Å²) in [5.41, 5.74) is 10.4. The van der Waals surface area contributed by atoms with Crippen molar-refractivity contribution >= 4 is 11.7 Å². The van der Waals surface area contributed by atoms with Crippen molar-refractivity contribution in [3.63, 3.8) is 0 Å². The van der Waals surface area contributed by atoms with Crippen LogP contribution in [0.5, 0.6) is 0 Å². The summed E-state index contributed by atoms with van der Waals surface area (Å²) < 4.78 is 1.55. The summed E-state index contributed by atoms with van der Waals surface area (Å²) in [5.74, 6) is -1.03. The number of carbonyl (C=O) groups is 1. The number of hydrogen-bond acceptors (Lipinski definition) is 3. The minimum Gasteiger partial charge on any atom is -0.476 e. The van der Waals surface area contributed by atoms with Gasteiger partial charge in [0.1, 0.15) is 0 Å². The zero-order valence-electron chi connectivity index (χ0n) is 10.6. The van der Waals surface area contributed by atoms with Crippen LogP contribution in [0.15, 0.2) is 18.2 Å². The number of nitrogens with two attached hydrogens (primary N) is 1. The van der Waals surface area contributed by atoms with Gasteiger partial charge in [-0.2, -0.15) is 5.10 Å². The van der Waals surface area contributed by atoms with Crippen LogP contribution in [0.3, 0.4) is 0 Å². The fourth-order valence-corrected chi connectivity index (χ4v) is 1.88. The van der Waals surface area contributed by atoms with Gasteiger partial charge in [0, 0.05) is 18.3 Å². The maximum absolute atomic E-state index is 10.9. The molecule has 5 nitrogen and oxygen atoms in total. The predicted octanol–water partition coefficient (Wildman–Crippen LogP) is 1.98. The number of hydrogen-bond donors (Lipinski definition) is 2. The summed E-state index contributed by atoms with van der Waals surface area (Å²) in [4.78, 5) is 10.9. The zero-order valence-corrected chi connectivity index (χ0v) is 10.6. The van der Waals surface area contributed by atoms with Crippen molar-refractivity contribution in [2.24, 2.45) is 7.05 Å². The highest BCUT2D eigenvalue weighted by molar-refractivity contribution is 5.87. The van der Waals surface area contributed by atoms with Crippen molar-refractivity contribution in [1.29, 1.82) is 0 Å². The third kappa shape index (κ3) is 1.95. The number of benzene rings is 1. The number of aromatic nitrogens is 2. The van der Waals surface area contributed by atoms with E-state index in [0.717, 1.165) is 22.4 Å². The molecule has 94 valence electrons. The largest absolute Gasteiger partial charge is 0.476 e. The van der Waals surface area contributed by atoms with Gasteiger partial charge in [-0.25, -0.2) is 4.79 Å². The van der Waals surface area contributed by atoms with Gasteiger partial charge in [-0.3, -0.25) is 4.68 Å². The Kier molecular flexibility index (Phi) is 2.82. The topological polar surface area (TPSA) is 81.1 Å². The molecule has 1 aromatic heterocycles. The lowest BCUT2D eigenvalue weighted by atomic mass is 10.0. The summed E-state index contributed by atoms with van der Waals surface area (Å²) in [7, 11) is 1.72. The van der Waals surface area contributed by atoms with E-state index in [9.17, 15) is 4.79 Å². The van der Waals surface area contributed by atoms with Crippen molar-refractivity contribution in [3.8, 4) is 11.3 Å². The van der Waals surface area contributed by atoms with E-state index in [4.69, 9.17) is 10.8 Å². The molecule has 18 heavy (non-hydrogen) atoms. The first-order valence-corrected chi connectivity index (χ1v) is 5.54. The number of rotatable bonds is 2. The predicted molar refractivity (Wildman–Crippen MR) is 69.5 cm³/mol. The van der Waals surface area contributed by atoms with Gasteiger partial charge in [0.15, 0.2) is 5.69 Å². The quantitative estimate of drug-likeness (QED) is 0.793. The number of carboxylic acid groups (broad SMARTS) is 1. The molecule has 0 aliphatic rings. The Balaban J connectivity index is 2.58. The first-order chi connectivity index (χ1) is 8.40. The molecule has 0 saturated carbocycles. The van der Waals surface area contributed by atoms with Gasteiger partial charge < -0.3 is 10.8 Å². The third-order valence-corrected chi connectivity index (χ3v) is 3.10. The number of nitrogen functional groups attached to an aromatic ring is 1. The summed E-state index contributed by atoms with van der Waals surface area (Å²) in [5, 5.41) is 12.9. The number of aryl methyl sites for hydroxylation is 2. The number of nitrogens with zero attached hydrogens (tertiary/aromatic N) is 2. The van der Waals surface area contributed by atoms with Crippen molar-refractivity contribution in [2.45, 2.75) is 13.8 Å². The zero-order chi connectivity index (χ0) is 13.4. The van der Waals surface area contributed by atoms with Crippen LogP contribution in [0.2, 0.25) is 0 Å². The smallest absolute Gasteiger partial charge is 0.356 e. The summed E-state index contributed by atoms with van der Waals surface area (Å²) in [6.07, 6.45) is 0. The molecule has 0 saturated heterocycles. The number of carboxylic acids is 1. The molecular formula is C13H15N3O2. The van der Waals surface area contributed by atoms with Crippen LogP contribution in [-0.2, 0) is 7.05 Å². The van der Waals surface area contributed by atoms with Crippen LogP contribution < -0.4 is 5.73 Å². The molecule has 0 unspecified atom stereocenters. The first kappa shape index (κ1) is 12.2. The van der Waals surface area contributed by atoms with Crippen molar-refractivity contribution < 1.29 is 9.90 Å². The molecule has 0 spiro atoms. The minimum absolute atomic E-state index is 0.0318. The first-order valence-electron chi connectivity index (χ1n) is 5.54. The van der Waals surface area contributed by atoms with Gasteiger partial charge in [-0.05, 0) is 43.2 Å². The molecule has 5 heteroatoms. The van der Waals surface area contributed by atoms with Crippen LogP contribution in [0.4, 0.5) is 5.69 Å². The van der Waals surface area contributed by atoms with Crippen molar-refractivity contribution in [3.05, 3.63) is 35.0 Å². The molecule has 2 aromatic rings. The standard InChI is InChI=1S/C13H15N3O2/c1-7-4-9(5-10(14)8(7)2)12-6-11(13(17)18)15-16(12)3/h4-6H,14H2,1-3H3,(H,17,18). The maximum atomic E-state index is 10.9. The molecule has 1 heterocycles. The van der Waals surface area contributed by atoms with Crippen LogP contribution >= 0.6 is 0 Å². The molecule has 0 aliphatic carbocycles. The Labute approximate surface area is 105 Å². The fourth-order valence-electron chi connectivity index (χ4n) is 1.88. The van der Waals surface area contributed by atoms with Crippen molar-refractivity contribution in [1.82, 2.24) is 9.78 Å². The van der Waals surface area contributed by atoms with Gasteiger partial charge in [0.2, 0.25) is 0 Å². The Morgan fingerprint density at radius 1 is 1.33 bits per heavy atom. The van der Waals surface area contributed by atoms with Gasteiger partial charge in [-0.15, -0.1) is 0 Å². The molecule has 0 radical (unpaired) electrons. The Bertz CT molecular complexity index is 606. The van der Waals surface area contributed by atoms with E-state index in [2.05, 4.69) is 5.10 Å². The van der Waals surface area contributed by atoms with Crippen LogP contribution in [0.25, 0.3) is 11.3 Å². The lowest BCUT2D eigenvalue weighted by Crippen LogP contribution is -1.99. The molecule has 2 rings (SSSR count). The highest BCUT2D eigenvalue weighted by Gasteiger charge is 2.13. The Morgan fingerprint density at radius 3 is 2.50 bits per heavy atom. The van der Waals surface area contributed by atoms with E-state index in [1.807, 2.05) is 26.0 Å². The van der Waals surface area contributed by atoms with Gasteiger partial charge in [-0.1, -0.05) is 0 Å². The lowest BCUT2D eigenvalue weighted by molar-refractivity contribution is 0.0689. The van der Waals surface area contributed by atoms with E-state index in [0.29, 0.717) is 5.69 Å². The Morgan fingerprint density at radius 2 is 2.00 bits per heavy atom. The summed E-state index contributed by atoms with van der Waals surface area (Å²) >= 11 is 0. The normalized spacial score (nSPS) is 10.6. The summed E-state index contributed by atoms with van der Waals surface area (Å²) in [6, 6.07) is 5.37.